The minimum absolute atomic E-state index is 0.0658. The van der Waals surface area contributed by atoms with Gasteiger partial charge in [0.1, 0.15) is 5.82 Å². The number of nitrogens with one attached hydrogen (secondary N) is 1. The van der Waals surface area contributed by atoms with E-state index in [0.29, 0.717) is 12.3 Å². The van der Waals surface area contributed by atoms with E-state index in [1.807, 2.05) is 6.07 Å². The Morgan fingerprint density at radius 2 is 2.32 bits per heavy atom. The smallest absolute Gasteiger partial charge is 0.222 e. The maximum absolute atomic E-state index is 13.8. The van der Waals surface area contributed by atoms with Gasteiger partial charge in [-0.25, -0.2) is 4.39 Å². The first-order chi connectivity index (χ1) is 8.99. The molecule has 1 amide bonds. The van der Waals surface area contributed by atoms with E-state index in [-0.39, 0.29) is 23.8 Å². The van der Waals surface area contributed by atoms with Crippen molar-refractivity contribution < 1.29 is 9.18 Å². The average Bonchev–Trinajstić information content (AvgIpc) is 2.32. The summed E-state index contributed by atoms with van der Waals surface area (Å²) in [5.41, 5.74) is 7.29. The normalized spacial score (nSPS) is 23.6. The number of amides is 1. The molecule has 2 rings (SSSR count). The van der Waals surface area contributed by atoms with Crippen LogP contribution in [0, 0.1) is 11.7 Å². The van der Waals surface area contributed by atoms with Gasteiger partial charge in [-0.2, -0.15) is 0 Å². The standard InChI is InChI=1S/C15H21FN2O/c1-9-6-7-11-12(4-3-5-13(11)16)15(9)18-14(19)8-10(2)17/h3-5,9-10,15H,6-8,17H2,1-2H3,(H,18,19). The first kappa shape index (κ1) is 14.0. The molecule has 0 saturated carbocycles. The predicted molar refractivity (Wildman–Crippen MR) is 73.0 cm³/mol. The molecule has 0 aliphatic heterocycles. The van der Waals surface area contributed by atoms with Gasteiger partial charge in [0.25, 0.3) is 0 Å². The zero-order valence-electron chi connectivity index (χ0n) is 11.4. The Kier molecular flexibility index (Phi) is 4.20. The third-order valence-corrected chi connectivity index (χ3v) is 3.73. The van der Waals surface area contributed by atoms with Crippen LogP contribution >= 0.6 is 0 Å². The minimum Gasteiger partial charge on any atom is -0.349 e. The van der Waals surface area contributed by atoms with Gasteiger partial charge in [-0.3, -0.25) is 4.79 Å². The van der Waals surface area contributed by atoms with Crippen LogP contribution < -0.4 is 11.1 Å². The molecule has 1 aliphatic carbocycles. The summed E-state index contributed by atoms with van der Waals surface area (Å²) in [6.45, 7) is 3.89. The predicted octanol–water partition coefficient (Wildman–Crippen LogP) is 2.30. The maximum atomic E-state index is 13.8. The van der Waals surface area contributed by atoms with Crippen LogP contribution in [0.3, 0.4) is 0 Å². The fraction of sp³-hybridized carbons (Fsp3) is 0.533. The number of fused-ring (bicyclic) bond motifs is 1. The van der Waals surface area contributed by atoms with Crippen LogP contribution in [-0.4, -0.2) is 11.9 Å². The van der Waals surface area contributed by atoms with E-state index in [1.165, 1.54) is 6.07 Å². The van der Waals surface area contributed by atoms with E-state index < -0.39 is 0 Å². The molecule has 104 valence electrons. The molecular weight excluding hydrogens is 243 g/mol. The number of rotatable bonds is 3. The topological polar surface area (TPSA) is 55.1 Å². The highest BCUT2D eigenvalue weighted by molar-refractivity contribution is 5.77. The van der Waals surface area contributed by atoms with Crippen LogP contribution in [0.2, 0.25) is 0 Å². The highest BCUT2D eigenvalue weighted by Gasteiger charge is 2.29. The molecule has 3 nitrogen and oxygen atoms in total. The second-order valence-corrected chi connectivity index (χ2v) is 5.55. The van der Waals surface area contributed by atoms with E-state index in [4.69, 9.17) is 5.73 Å². The molecule has 3 atom stereocenters. The lowest BCUT2D eigenvalue weighted by Crippen LogP contribution is -2.38. The fourth-order valence-electron chi connectivity index (χ4n) is 2.72. The molecule has 0 aromatic heterocycles. The van der Waals surface area contributed by atoms with Crippen molar-refractivity contribution in [2.24, 2.45) is 11.7 Å². The highest BCUT2D eigenvalue weighted by atomic mass is 19.1. The summed E-state index contributed by atoms with van der Waals surface area (Å²) in [6, 6.07) is 4.83. The van der Waals surface area contributed by atoms with E-state index in [9.17, 15) is 9.18 Å². The lowest BCUT2D eigenvalue weighted by atomic mass is 9.80. The second kappa shape index (κ2) is 5.70. The lowest BCUT2D eigenvalue weighted by molar-refractivity contribution is -0.122. The molecule has 0 heterocycles. The van der Waals surface area contributed by atoms with Crippen molar-refractivity contribution in [3.05, 3.63) is 35.1 Å². The Labute approximate surface area is 113 Å². The number of carbonyl (C=O) groups excluding carboxylic acids is 1. The van der Waals surface area contributed by atoms with Crippen molar-refractivity contribution in [3.8, 4) is 0 Å². The van der Waals surface area contributed by atoms with Crippen molar-refractivity contribution in [1.82, 2.24) is 5.32 Å². The van der Waals surface area contributed by atoms with Crippen molar-refractivity contribution in [2.75, 3.05) is 0 Å². The van der Waals surface area contributed by atoms with Crippen molar-refractivity contribution in [2.45, 2.75) is 45.2 Å². The molecule has 0 spiro atoms. The Balaban J connectivity index is 2.21. The number of carbonyl (C=O) groups is 1. The Morgan fingerprint density at radius 1 is 1.58 bits per heavy atom. The van der Waals surface area contributed by atoms with Crippen molar-refractivity contribution in [3.63, 3.8) is 0 Å². The van der Waals surface area contributed by atoms with E-state index >= 15 is 0 Å². The lowest BCUT2D eigenvalue weighted by Gasteiger charge is -2.32. The molecule has 1 aromatic rings. The molecular formula is C15H21FN2O. The van der Waals surface area contributed by atoms with Gasteiger partial charge in [0.05, 0.1) is 6.04 Å². The molecule has 4 heteroatoms. The van der Waals surface area contributed by atoms with Crippen molar-refractivity contribution >= 4 is 5.91 Å². The van der Waals surface area contributed by atoms with Gasteiger partial charge in [-0.15, -0.1) is 0 Å². The second-order valence-electron chi connectivity index (χ2n) is 5.55. The van der Waals surface area contributed by atoms with Gasteiger partial charge in [0.15, 0.2) is 0 Å². The summed E-state index contributed by atoms with van der Waals surface area (Å²) in [6.07, 6.45) is 1.92. The van der Waals surface area contributed by atoms with Gasteiger partial charge in [0, 0.05) is 12.5 Å². The fourth-order valence-corrected chi connectivity index (χ4v) is 2.72. The summed E-state index contributed by atoms with van der Waals surface area (Å²) in [5.74, 6) is 0.0751. The number of halogens is 1. The first-order valence-electron chi connectivity index (χ1n) is 6.81. The molecule has 19 heavy (non-hydrogen) atoms. The third-order valence-electron chi connectivity index (χ3n) is 3.73. The molecule has 0 radical (unpaired) electrons. The van der Waals surface area contributed by atoms with Crippen LogP contribution in [0.5, 0.6) is 0 Å². The van der Waals surface area contributed by atoms with Crippen LogP contribution in [0.4, 0.5) is 4.39 Å². The number of hydrogen-bond donors (Lipinski definition) is 2. The van der Waals surface area contributed by atoms with Crippen LogP contribution in [0.1, 0.15) is 43.9 Å². The minimum atomic E-state index is -0.171. The number of benzene rings is 1. The van der Waals surface area contributed by atoms with Crippen LogP contribution in [-0.2, 0) is 11.2 Å². The zero-order chi connectivity index (χ0) is 14.0. The molecule has 1 aromatic carbocycles. The quantitative estimate of drug-likeness (QED) is 0.880. The van der Waals surface area contributed by atoms with Gasteiger partial charge in [-0.1, -0.05) is 19.1 Å². The average molecular weight is 264 g/mol. The highest BCUT2D eigenvalue weighted by Crippen LogP contribution is 2.35. The molecule has 1 aliphatic rings. The first-order valence-corrected chi connectivity index (χ1v) is 6.81. The van der Waals surface area contributed by atoms with E-state index in [0.717, 1.165) is 24.0 Å². The molecule has 0 saturated heterocycles. The molecule has 3 unspecified atom stereocenters. The van der Waals surface area contributed by atoms with Crippen molar-refractivity contribution in [1.29, 1.82) is 0 Å². The Hall–Kier alpha value is -1.42. The molecule has 0 fully saturated rings. The SMILES string of the molecule is CC(N)CC(=O)NC1c2cccc(F)c2CCC1C. The number of hydrogen-bond acceptors (Lipinski definition) is 2. The summed E-state index contributed by atoms with van der Waals surface area (Å²) in [4.78, 5) is 11.9. The van der Waals surface area contributed by atoms with Crippen LogP contribution in [0.25, 0.3) is 0 Å². The van der Waals surface area contributed by atoms with Crippen LogP contribution in [0.15, 0.2) is 18.2 Å². The molecule has 0 bridgehead atoms. The van der Waals surface area contributed by atoms with Gasteiger partial charge in [0.2, 0.25) is 5.91 Å². The van der Waals surface area contributed by atoms with E-state index in [2.05, 4.69) is 12.2 Å². The van der Waals surface area contributed by atoms with E-state index in [1.54, 1.807) is 13.0 Å². The molecule has 3 N–H and O–H groups in total. The Morgan fingerprint density at radius 3 is 3.00 bits per heavy atom. The monoisotopic (exact) mass is 264 g/mol. The summed E-state index contributed by atoms with van der Waals surface area (Å²) >= 11 is 0. The van der Waals surface area contributed by atoms with Gasteiger partial charge < -0.3 is 11.1 Å². The van der Waals surface area contributed by atoms with Gasteiger partial charge in [-0.05, 0) is 42.9 Å². The third kappa shape index (κ3) is 3.13. The largest absolute Gasteiger partial charge is 0.349 e. The summed E-state index contributed by atoms with van der Waals surface area (Å²) < 4.78 is 13.8. The summed E-state index contributed by atoms with van der Waals surface area (Å²) in [5, 5.41) is 3.00. The number of nitrogens with two attached hydrogens (primary N) is 1. The Bertz CT molecular complexity index is 473. The summed E-state index contributed by atoms with van der Waals surface area (Å²) in [7, 11) is 0. The van der Waals surface area contributed by atoms with Gasteiger partial charge >= 0.3 is 0 Å². The maximum Gasteiger partial charge on any atom is 0.222 e. The zero-order valence-corrected chi connectivity index (χ0v) is 11.4.